The van der Waals surface area contributed by atoms with E-state index in [1.165, 1.54) is 39.0 Å². The number of hydrogen-bond acceptors (Lipinski definition) is 2. The minimum Gasteiger partial charge on any atom is -0.425 e. The lowest BCUT2D eigenvalue weighted by Crippen LogP contribution is -2.04. The molecule has 2 heteroatoms. The Kier molecular flexibility index (Phi) is 4.41. The van der Waals surface area contributed by atoms with Crippen LogP contribution < -0.4 is 4.74 Å². The van der Waals surface area contributed by atoms with Gasteiger partial charge in [0.15, 0.2) is 0 Å². The summed E-state index contributed by atoms with van der Waals surface area (Å²) in [4.78, 5) is 11.0. The molecule has 0 bridgehead atoms. The van der Waals surface area contributed by atoms with Crippen molar-refractivity contribution in [3.63, 3.8) is 0 Å². The molecule has 1 aliphatic carbocycles. The first-order chi connectivity index (χ1) is 8.75. The van der Waals surface area contributed by atoms with E-state index < -0.39 is 0 Å². The highest BCUT2D eigenvalue weighted by Gasteiger charge is 2.10. The van der Waals surface area contributed by atoms with E-state index in [0.717, 1.165) is 5.56 Å². The van der Waals surface area contributed by atoms with Crippen LogP contribution in [-0.4, -0.2) is 5.97 Å². The number of hydrogen-bond donors (Lipinski definition) is 0. The lowest BCUT2D eigenvalue weighted by atomic mass is 9.89. The molecule has 0 aromatic heterocycles. The van der Waals surface area contributed by atoms with Crippen molar-refractivity contribution in [2.24, 2.45) is 5.92 Å². The summed E-state index contributed by atoms with van der Waals surface area (Å²) in [5, 5.41) is 0. The zero-order chi connectivity index (χ0) is 12.8. The molecule has 18 heavy (non-hydrogen) atoms. The third-order valence-corrected chi connectivity index (χ3v) is 3.16. The van der Waals surface area contributed by atoms with E-state index in [4.69, 9.17) is 4.74 Å². The Balaban J connectivity index is 2.12. The van der Waals surface area contributed by atoms with E-state index in [-0.39, 0.29) is 5.97 Å². The van der Waals surface area contributed by atoms with Crippen molar-refractivity contribution in [1.82, 2.24) is 0 Å². The maximum Gasteiger partial charge on any atom is 0.308 e. The number of ether oxygens (including phenoxy) is 1. The van der Waals surface area contributed by atoms with Crippen molar-refractivity contribution in [2.75, 3.05) is 0 Å². The van der Waals surface area contributed by atoms with E-state index in [9.17, 15) is 4.79 Å². The second-order valence-electron chi connectivity index (χ2n) is 4.69. The van der Waals surface area contributed by atoms with E-state index in [1.807, 2.05) is 18.2 Å². The summed E-state index contributed by atoms with van der Waals surface area (Å²) in [6, 6.07) is 7.45. The van der Waals surface area contributed by atoms with Crippen LogP contribution in [0.15, 0.2) is 24.3 Å². The van der Waals surface area contributed by atoms with Gasteiger partial charge in [-0.05, 0) is 25.0 Å². The number of carbonyl (C=O) groups is 1. The zero-order valence-corrected chi connectivity index (χ0v) is 10.7. The molecule has 0 heterocycles. The van der Waals surface area contributed by atoms with Crippen LogP contribution in [0, 0.1) is 17.8 Å². The predicted molar refractivity (Wildman–Crippen MR) is 71.2 cm³/mol. The molecule has 94 valence electrons. The van der Waals surface area contributed by atoms with Crippen molar-refractivity contribution >= 4 is 5.97 Å². The molecule has 0 atom stereocenters. The normalized spacial score (nSPS) is 15.6. The van der Waals surface area contributed by atoms with Gasteiger partial charge in [0.2, 0.25) is 0 Å². The second kappa shape index (κ2) is 6.26. The fraction of sp³-hybridized carbons (Fsp3) is 0.438. The van der Waals surface area contributed by atoms with Gasteiger partial charge in [0.25, 0.3) is 0 Å². The Labute approximate surface area is 108 Å². The maximum absolute atomic E-state index is 11.0. The van der Waals surface area contributed by atoms with Gasteiger partial charge >= 0.3 is 5.97 Å². The molecule has 0 N–H and O–H groups in total. The molecule has 1 saturated carbocycles. The average molecular weight is 242 g/mol. The fourth-order valence-corrected chi connectivity index (χ4v) is 2.24. The van der Waals surface area contributed by atoms with Crippen LogP contribution >= 0.6 is 0 Å². The van der Waals surface area contributed by atoms with Gasteiger partial charge in [0, 0.05) is 12.8 Å². The second-order valence-corrected chi connectivity index (χ2v) is 4.69. The number of esters is 1. The molecule has 0 amide bonds. The molecule has 0 radical (unpaired) electrons. The van der Waals surface area contributed by atoms with Gasteiger partial charge in [-0.3, -0.25) is 4.79 Å². The summed E-state index contributed by atoms with van der Waals surface area (Å²) in [6.45, 7) is 1.41. The molecule has 0 aliphatic heterocycles. The largest absolute Gasteiger partial charge is 0.425 e. The van der Waals surface area contributed by atoms with Crippen LogP contribution in [0.4, 0.5) is 0 Å². The summed E-state index contributed by atoms with van der Waals surface area (Å²) in [5.41, 5.74) is 0.804. The smallest absolute Gasteiger partial charge is 0.308 e. The molecule has 0 saturated heterocycles. The van der Waals surface area contributed by atoms with Crippen LogP contribution in [0.2, 0.25) is 0 Å². The molecule has 1 aliphatic rings. The molecule has 1 aromatic carbocycles. The van der Waals surface area contributed by atoms with Crippen molar-refractivity contribution in [3.8, 4) is 17.6 Å². The number of rotatable bonds is 1. The average Bonchev–Trinajstić information content (AvgIpc) is 2.38. The highest BCUT2D eigenvalue weighted by molar-refractivity contribution is 5.70. The van der Waals surface area contributed by atoms with Gasteiger partial charge in [-0.15, -0.1) is 0 Å². The first-order valence-electron chi connectivity index (χ1n) is 6.54. The number of carbonyl (C=O) groups excluding carboxylic acids is 1. The molecular formula is C16H18O2. The Morgan fingerprint density at radius 1 is 1.22 bits per heavy atom. The van der Waals surface area contributed by atoms with Gasteiger partial charge in [-0.25, -0.2) is 0 Å². The van der Waals surface area contributed by atoms with Gasteiger partial charge in [-0.2, -0.15) is 0 Å². The topological polar surface area (TPSA) is 26.3 Å². The maximum atomic E-state index is 11.0. The van der Waals surface area contributed by atoms with Gasteiger partial charge in [0.1, 0.15) is 5.75 Å². The summed E-state index contributed by atoms with van der Waals surface area (Å²) < 4.78 is 5.14. The van der Waals surface area contributed by atoms with E-state index >= 15 is 0 Å². The van der Waals surface area contributed by atoms with E-state index in [2.05, 4.69) is 11.8 Å². The minimum atomic E-state index is -0.304. The quantitative estimate of drug-likeness (QED) is 0.428. The van der Waals surface area contributed by atoms with Gasteiger partial charge in [0.05, 0.1) is 5.56 Å². The van der Waals surface area contributed by atoms with E-state index in [1.54, 1.807) is 6.07 Å². The standard InChI is InChI=1S/C16H18O2/c1-13(17)18-16-10-6-5-9-15(16)12-11-14-7-3-2-4-8-14/h5-6,9-10,14H,2-4,7-8H2,1H3. The summed E-state index contributed by atoms with van der Waals surface area (Å²) in [7, 11) is 0. The molecule has 1 aromatic rings. The zero-order valence-electron chi connectivity index (χ0n) is 10.7. The van der Waals surface area contributed by atoms with Crippen LogP contribution in [0.5, 0.6) is 5.75 Å². The lowest BCUT2D eigenvalue weighted by molar-refractivity contribution is -0.131. The predicted octanol–water partition coefficient (Wildman–Crippen LogP) is 3.54. The minimum absolute atomic E-state index is 0.304. The monoisotopic (exact) mass is 242 g/mol. The van der Waals surface area contributed by atoms with Gasteiger partial charge in [-0.1, -0.05) is 43.2 Å². The first kappa shape index (κ1) is 12.7. The SMILES string of the molecule is CC(=O)Oc1ccccc1C#CC1CCCCC1. The number of para-hydroxylation sites is 1. The van der Waals surface area contributed by atoms with Crippen molar-refractivity contribution < 1.29 is 9.53 Å². The number of benzene rings is 1. The Hall–Kier alpha value is -1.75. The summed E-state index contributed by atoms with van der Waals surface area (Å²) >= 11 is 0. The fourth-order valence-electron chi connectivity index (χ4n) is 2.24. The summed E-state index contributed by atoms with van der Waals surface area (Å²) in [6.07, 6.45) is 6.30. The van der Waals surface area contributed by atoms with Crippen molar-refractivity contribution in [1.29, 1.82) is 0 Å². The third kappa shape index (κ3) is 3.63. The van der Waals surface area contributed by atoms with Crippen LogP contribution in [0.25, 0.3) is 0 Å². The lowest BCUT2D eigenvalue weighted by Gasteiger charge is -2.15. The van der Waals surface area contributed by atoms with Gasteiger partial charge < -0.3 is 4.74 Å². The Morgan fingerprint density at radius 3 is 2.67 bits per heavy atom. The van der Waals surface area contributed by atoms with Crippen LogP contribution in [-0.2, 0) is 4.79 Å². The Morgan fingerprint density at radius 2 is 1.94 bits per heavy atom. The first-order valence-corrected chi connectivity index (χ1v) is 6.54. The van der Waals surface area contributed by atoms with Crippen molar-refractivity contribution in [3.05, 3.63) is 29.8 Å². The molecule has 1 fully saturated rings. The summed E-state index contributed by atoms with van der Waals surface area (Å²) in [5.74, 6) is 7.23. The van der Waals surface area contributed by atoms with E-state index in [0.29, 0.717) is 11.7 Å². The van der Waals surface area contributed by atoms with Crippen molar-refractivity contribution in [2.45, 2.75) is 39.0 Å². The van der Waals surface area contributed by atoms with Crippen LogP contribution in [0.3, 0.4) is 0 Å². The highest BCUT2D eigenvalue weighted by Crippen LogP contribution is 2.23. The highest BCUT2D eigenvalue weighted by atomic mass is 16.5. The molecule has 0 unspecified atom stereocenters. The Bertz CT molecular complexity index is 473. The molecule has 0 spiro atoms. The third-order valence-electron chi connectivity index (χ3n) is 3.16. The molecule has 2 rings (SSSR count). The molecule has 2 nitrogen and oxygen atoms in total. The van der Waals surface area contributed by atoms with Crippen LogP contribution in [0.1, 0.15) is 44.6 Å². The molecular weight excluding hydrogens is 224 g/mol.